The molecule has 0 radical (unpaired) electrons. The Labute approximate surface area is 172 Å². The fourth-order valence-electron chi connectivity index (χ4n) is 4.54. The van der Waals surface area contributed by atoms with Gasteiger partial charge in [0.25, 0.3) is 5.91 Å². The first-order chi connectivity index (χ1) is 13.9. The van der Waals surface area contributed by atoms with Crippen LogP contribution in [0.15, 0.2) is 24.3 Å². The third kappa shape index (κ3) is 4.23. The molecule has 1 saturated heterocycles. The number of rotatable bonds is 7. The highest BCUT2D eigenvalue weighted by molar-refractivity contribution is 6.09. The van der Waals surface area contributed by atoms with Gasteiger partial charge in [0, 0.05) is 25.3 Å². The Bertz CT molecular complexity index is 781. The lowest BCUT2D eigenvalue weighted by atomic mass is 9.73. The maximum Gasteiger partial charge on any atom is 0.325 e. The molecular formula is C22H32N4O3. The number of imide groups is 1. The summed E-state index contributed by atoms with van der Waals surface area (Å²) < 4.78 is 0. The molecule has 2 N–H and O–H groups in total. The topological polar surface area (TPSA) is 81.8 Å². The summed E-state index contributed by atoms with van der Waals surface area (Å²) in [4.78, 5) is 41.0. The lowest BCUT2D eigenvalue weighted by molar-refractivity contribution is -0.137. The van der Waals surface area contributed by atoms with Crippen LogP contribution in [0, 0.1) is 12.8 Å². The smallest absolute Gasteiger partial charge is 0.325 e. The summed E-state index contributed by atoms with van der Waals surface area (Å²) in [6, 6.07) is 7.69. The van der Waals surface area contributed by atoms with Crippen molar-refractivity contribution in [2.24, 2.45) is 5.92 Å². The van der Waals surface area contributed by atoms with Gasteiger partial charge < -0.3 is 15.5 Å². The molecule has 158 valence electrons. The molecule has 0 aromatic heterocycles. The zero-order valence-electron chi connectivity index (χ0n) is 17.7. The number of para-hydroxylation sites is 1. The van der Waals surface area contributed by atoms with Gasteiger partial charge in [-0.25, -0.2) is 4.79 Å². The normalized spacial score (nSPS) is 24.0. The molecular weight excluding hydrogens is 368 g/mol. The number of carbonyl (C=O) groups is 3. The number of anilines is 1. The molecule has 1 aromatic carbocycles. The highest BCUT2D eigenvalue weighted by Gasteiger charge is 2.55. The highest BCUT2D eigenvalue weighted by atomic mass is 16.2. The van der Waals surface area contributed by atoms with E-state index in [0.717, 1.165) is 36.4 Å². The molecule has 2 aliphatic rings. The largest absolute Gasteiger partial charge is 0.370 e. The van der Waals surface area contributed by atoms with Crippen molar-refractivity contribution in [3.05, 3.63) is 29.8 Å². The standard InChI is InChI=1S/C22H32N4O3/c1-4-25(18-11-6-5-9-16(18)2)14-13-23-19(27)15-26-20(28)22(24-21(26)29)12-8-7-10-17(22)3/h5-6,9,11,17H,4,7-8,10,12-15H2,1-3H3,(H,23,27)(H,24,29). The maximum atomic E-state index is 12.9. The summed E-state index contributed by atoms with van der Waals surface area (Å²) in [5.74, 6) is -0.470. The first-order valence-electron chi connectivity index (χ1n) is 10.6. The number of hydrogen-bond acceptors (Lipinski definition) is 4. The Morgan fingerprint density at radius 1 is 1.31 bits per heavy atom. The number of nitrogens with zero attached hydrogens (tertiary/aromatic N) is 2. The second-order valence-electron chi connectivity index (χ2n) is 8.16. The molecule has 2 atom stereocenters. The third-order valence-corrected chi connectivity index (χ3v) is 6.34. The lowest BCUT2D eigenvalue weighted by Gasteiger charge is -2.36. The summed E-state index contributed by atoms with van der Waals surface area (Å²) in [6.45, 7) is 7.86. The van der Waals surface area contributed by atoms with Gasteiger partial charge >= 0.3 is 6.03 Å². The minimum atomic E-state index is -0.820. The minimum Gasteiger partial charge on any atom is -0.370 e. The fraction of sp³-hybridized carbons (Fsp3) is 0.591. The molecule has 4 amide bonds. The summed E-state index contributed by atoms with van der Waals surface area (Å²) in [7, 11) is 0. The van der Waals surface area contributed by atoms with Gasteiger partial charge in [0.05, 0.1) is 0 Å². The van der Waals surface area contributed by atoms with Crippen LogP contribution >= 0.6 is 0 Å². The van der Waals surface area contributed by atoms with Gasteiger partial charge in [0.2, 0.25) is 5.91 Å². The monoisotopic (exact) mass is 400 g/mol. The van der Waals surface area contributed by atoms with E-state index in [0.29, 0.717) is 19.5 Å². The molecule has 3 rings (SSSR count). The minimum absolute atomic E-state index is 0.0907. The molecule has 1 heterocycles. The van der Waals surface area contributed by atoms with E-state index < -0.39 is 11.6 Å². The van der Waals surface area contributed by atoms with Crippen LogP contribution in [0.1, 0.15) is 45.1 Å². The molecule has 7 heteroatoms. The van der Waals surface area contributed by atoms with Crippen LogP contribution in [0.25, 0.3) is 0 Å². The summed E-state index contributed by atoms with van der Waals surface area (Å²) in [5, 5.41) is 5.74. The van der Waals surface area contributed by atoms with Gasteiger partial charge in [-0.2, -0.15) is 0 Å². The Morgan fingerprint density at radius 3 is 2.76 bits per heavy atom. The lowest BCUT2D eigenvalue weighted by Crippen LogP contribution is -2.54. The first kappa shape index (κ1) is 21.1. The van der Waals surface area contributed by atoms with Crippen LogP contribution in [0.3, 0.4) is 0 Å². The number of nitrogens with one attached hydrogen (secondary N) is 2. The average molecular weight is 401 g/mol. The summed E-state index contributed by atoms with van der Waals surface area (Å²) in [5.41, 5.74) is 1.51. The number of aryl methyl sites for hydroxylation is 1. The van der Waals surface area contributed by atoms with Gasteiger partial charge in [0.1, 0.15) is 12.1 Å². The molecule has 1 spiro atoms. The zero-order chi connectivity index (χ0) is 21.0. The Kier molecular flexibility index (Phi) is 6.45. The number of urea groups is 1. The van der Waals surface area contributed by atoms with Crippen LogP contribution in [-0.2, 0) is 9.59 Å². The van der Waals surface area contributed by atoms with E-state index in [1.165, 1.54) is 5.56 Å². The van der Waals surface area contributed by atoms with Gasteiger partial charge in [0.15, 0.2) is 0 Å². The summed E-state index contributed by atoms with van der Waals surface area (Å²) >= 11 is 0. The van der Waals surface area contributed by atoms with Gasteiger partial charge in [-0.05, 0) is 44.2 Å². The Balaban J connectivity index is 1.53. The predicted molar refractivity (Wildman–Crippen MR) is 113 cm³/mol. The number of amides is 4. The second kappa shape index (κ2) is 8.84. The van der Waals surface area contributed by atoms with Crippen LogP contribution in [0.5, 0.6) is 0 Å². The van der Waals surface area contributed by atoms with Crippen molar-refractivity contribution in [1.82, 2.24) is 15.5 Å². The van der Waals surface area contributed by atoms with E-state index in [9.17, 15) is 14.4 Å². The van der Waals surface area contributed by atoms with Gasteiger partial charge in [-0.1, -0.05) is 38.0 Å². The predicted octanol–water partition coefficient (Wildman–Crippen LogP) is 2.44. The van der Waals surface area contributed by atoms with Crippen molar-refractivity contribution in [2.75, 3.05) is 31.1 Å². The SMILES string of the molecule is CCN(CCNC(=O)CN1C(=O)NC2(CCCCC2C)C1=O)c1ccccc1C. The van der Waals surface area contributed by atoms with E-state index in [-0.39, 0.29) is 24.3 Å². The van der Waals surface area contributed by atoms with Crippen molar-refractivity contribution >= 4 is 23.5 Å². The number of likely N-dealkylation sites (N-methyl/N-ethyl adjacent to an activating group) is 1. The first-order valence-corrected chi connectivity index (χ1v) is 10.6. The van der Waals surface area contributed by atoms with E-state index >= 15 is 0 Å². The Morgan fingerprint density at radius 2 is 2.07 bits per heavy atom. The van der Waals surface area contributed by atoms with Crippen molar-refractivity contribution in [3.8, 4) is 0 Å². The van der Waals surface area contributed by atoms with E-state index in [2.05, 4.69) is 41.5 Å². The quantitative estimate of drug-likeness (QED) is 0.689. The van der Waals surface area contributed by atoms with Crippen molar-refractivity contribution in [1.29, 1.82) is 0 Å². The van der Waals surface area contributed by atoms with E-state index in [1.807, 2.05) is 19.1 Å². The van der Waals surface area contributed by atoms with Gasteiger partial charge in [-0.3, -0.25) is 14.5 Å². The average Bonchev–Trinajstić information content (AvgIpc) is 2.93. The molecule has 1 aromatic rings. The fourth-order valence-corrected chi connectivity index (χ4v) is 4.54. The molecule has 1 saturated carbocycles. The number of hydrogen-bond donors (Lipinski definition) is 2. The number of benzene rings is 1. The molecule has 1 aliphatic carbocycles. The van der Waals surface area contributed by atoms with Crippen molar-refractivity contribution < 1.29 is 14.4 Å². The highest BCUT2D eigenvalue weighted by Crippen LogP contribution is 2.38. The van der Waals surface area contributed by atoms with Crippen molar-refractivity contribution in [3.63, 3.8) is 0 Å². The third-order valence-electron chi connectivity index (χ3n) is 6.34. The summed E-state index contributed by atoms with van der Waals surface area (Å²) in [6.07, 6.45) is 3.56. The van der Waals surface area contributed by atoms with Crippen LogP contribution in [-0.4, -0.2) is 54.5 Å². The number of carbonyl (C=O) groups excluding carboxylic acids is 3. The molecule has 7 nitrogen and oxygen atoms in total. The molecule has 0 bridgehead atoms. The maximum absolute atomic E-state index is 12.9. The van der Waals surface area contributed by atoms with Crippen molar-refractivity contribution in [2.45, 2.75) is 52.0 Å². The molecule has 29 heavy (non-hydrogen) atoms. The van der Waals surface area contributed by atoms with Crippen LogP contribution in [0.2, 0.25) is 0 Å². The zero-order valence-corrected chi connectivity index (χ0v) is 17.7. The van der Waals surface area contributed by atoms with E-state index in [4.69, 9.17) is 0 Å². The molecule has 2 unspecified atom stereocenters. The van der Waals surface area contributed by atoms with E-state index in [1.54, 1.807) is 0 Å². The second-order valence-corrected chi connectivity index (χ2v) is 8.16. The van der Waals surface area contributed by atoms with Crippen LogP contribution < -0.4 is 15.5 Å². The molecule has 2 fully saturated rings. The van der Waals surface area contributed by atoms with Gasteiger partial charge in [-0.15, -0.1) is 0 Å². The van der Waals surface area contributed by atoms with Crippen LogP contribution in [0.4, 0.5) is 10.5 Å². The Hall–Kier alpha value is -2.57. The molecule has 1 aliphatic heterocycles.